The van der Waals surface area contributed by atoms with Gasteiger partial charge in [-0.05, 0) is 18.8 Å². The van der Waals surface area contributed by atoms with Crippen molar-refractivity contribution in [2.45, 2.75) is 28.4 Å². The highest BCUT2D eigenvalue weighted by atomic mass is 35.5. The van der Waals surface area contributed by atoms with Crippen molar-refractivity contribution in [3.8, 4) is 0 Å². The van der Waals surface area contributed by atoms with Gasteiger partial charge >= 0.3 is 0 Å². The van der Waals surface area contributed by atoms with Gasteiger partial charge < -0.3 is 0 Å². The van der Waals surface area contributed by atoms with E-state index in [2.05, 4.69) is 0 Å². The van der Waals surface area contributed by atoms with Gasteiger partial charge in [-0.3, -0.25) is 4.79 Å². The third-order valence-corrected chi connectivity index (χ3v) is 3.95. The quantitative estimate of drug-likeness (QED) is 0.602. The fourth-order valence-electron chi connectivity index (χ4n) is 1.16. The minimum atomic E-state index is -1.43. The van der Waals surface area contributed by atoms with Gasteiger partial charge in [-0.2, -0.15) is 0 Å². The number of ketones is 1. The van der Waals surface area contributed by atoms with Crippen LogP contribution in [0.15, 0.2) is 0 Å². The van der Waals surface area contributed by atoms with Crippen LogP contribution in [-0.2, 0) is 4.79 Å². The molecule has 1 nitrogen and oxygen atoms in total. The summed E-state index contributed by atoms with van der Waals surface area (Å²) in [6, 6.07) is 0. The fourth-order valence-corrected chi connectivity index (χ4v) is 2.41. The zero-order chi connectivity index (χ0) is 9.57. The standard InChI is InChI=1S/C7H8Cl4O/c1-4-2-3-6(8,9)5(12)7(4,10)11/h4H,2-3H2,1H3. The van der Waals surface area contributed by atoms with Crippen LogP contribution in [0.4, 0.5) is 0 Å². The SMILES string of the molecule is CC1CCC(Cl)(Cl)C(=O)C1(Cl)Cl. The lowest BCUT2D eigenvalue weighted by Crippen LogP contribution is -2.48. The van der Waals surface area contributed by atoms with Crippen molar-refractivity contribution >= 4 is 52.2 Å². The number of hydrogen-bond acceptors (Lipinski definition) is 1. The average Bonchev–Trinajstić information content (AvgIpc) is 1.96. The maximum absolute atomic E-state index is 11.5. The van der Waals surface area contributed by atoms with Gasteiger partial charge in [0, 0.05) is 0 Å². The Morgan fingerprint density at radius 2 is 1.83 bits per heavy atom. The van der Waals surface area contributed by atoms with Crippen molar-refractivity contribution in [1.82, 2.24) is 0 Å². The molecule has 0 radical (unpaired) electrons. The first-order valence-corrected chi connectivity index (χ1v) is 5.10. The lowest BCUT2D eigenvalue weighted by molar-refractivity contribution is -0.122. The molecule has 0 aromatic heterocycles. The highest BCUT2D eigenvalue weighted by Gasteiger charge is 2.53. The summed E-state index contributed by atoms with van der Waals surface area (Å²) in [6.45, 7) is 1.81. The smallest absolute Gasteiger partial charge is 0.204 e. The third-order valence-electron chi connectivity index (χ3n) is 2.15. The van der Waals surface area contributed by atoms with Crippen LogP contribution < -0.4 is 0 Å². The molecule has 1 aliphatic rings. The molecule has 0 N–H and O–H groups in total. The van der Waals surface area contributed by atoms with E-state index in [0.29, 0.717) is 12.8 Å². The molecule has 1 rings (SSSR count). The lowest BCUT2D eigenvalue weighted by atomic mass is 9.88. The van der Waals surface area contributed by atoms with Gasteiger partial charge in [0.15, 0.2) is 8.67 Å². The van der Waals surface area contributed by atoms with Gasteiger partial charge in [-0.25, -0.2) is 0 Å². The minimum absolute atomic E-state index is 0.0982. The summed E-state index contributed by atoms with van der Waals surface area (Å²) in [7, 11) is 0. The minimum Gasteiger partial charge on any atom is -0.293 e. The normalized spacial score (nSPS) is 33.4. The van der Waals surface area contributed by atoms with Crippen molar-refractivity contribution in [1.29, 1.82) is 0 Å². The Labute approximate surface area is 91.3 Å². The second-order valence-corrected chi connectivity index (χ2v) is 5.97. The molecule has 70 valence electrons. The summed E-state index contributed by atoms with van der Waals surface area (Å²) >= 11 is 23.0. The molecule has 5 heteroatoms. The van der Waals surface area contributed by atoms with Gasteiger partial charge in [0.05, 0.1) is 0 Å². The molecule has 1 fully saturated rings. The summed E-state index contributed by atoms with van der Waals surface area (Å²) in [5.74, 6) is -0.598. The van der Waals surface area contributed by atoms with Crippen molar-refractivity contribution < 1.29 is 4.79 Å². The predicted octanol–water partition coefficient (Wildman–Crippen LogP) is 3.33. The van der Waals surface area contributed by atoms with Gasteiger partial charge in [-0.1, -0.05) is 53.3 Å². The molecule has 0 saturated heterocycles. The number of Topliss-reactive ketones (excluding diaryl/α,β-unsaturated/α-hetero) is 1. The molecule has 1 atom stereocenters. The topological polar surface area (TPSA) is 17.1 Å². The molecule has 1 saturated carbocycles. The van der Waals surface area contributed by atoms with E-state index in [1.807, 2.05) is 0 Å². The van der Waals surface area contributed by atoms with E-state index in [1.54, 1.807) is 6.92 Å². The average molecular weight is 250 g/mol. The molecule has 0 aromatic rings. The number of alkyl halides is 4. The summed E-state index contributed by atoms with van der Waals surface area (Å²) < 4.78 is -2.84. The highest BCUT2D eigenvalue weighted by molar-refractivity contribution is 6.69. The second kappa shape index (κ2) is 3.20. The monoisotopic (exact) mass is 248 g/mol. The molecule has 0 aromatic carbocycles. The van der Waals surface area contributed by atoms with Gasteiger partial charge in [-0.15, -0.1) is 0 Å². The second-order valence-electron chi connectivity index (χ2n) is 3.10. The fraction of sp³-hybridized carbons (Fsp3) is 0.857. The lowest BCUT2D eigenvalue weighted by Gasteiger charge is -2.36. The summed E-state index contributed by atoms with van der Waals surface area (Å²) in [5.41, 5.74) is 0. The molecule has 0 amide bonds. The molecule has 1 aliphatic carbocycles. The van der Waals surface area contributed by atoms with Crippen molar-refractivity contribution in [2.24, 2.45) is 5.92 Å². The van der Waals surface area contributed by atoms with Crippen molar-refractivity contribution in [2.75, 3.05) is 0 Å². The van der Waals surface area contributed by atoms with E-state index >= 15 is 0 Å². The Kier molecular flexibility index (Phi) is 2.91. The molecule has 0 spiro atoms. The third kappa shape index (κ3) is 1.70. The zero-order valence-corrected chi connectivity index (χ0v) is 9.44. The first-order chi connectivity index (χ1) is 5.28. The number of rotatable bonds is 0. The largest absolute Gasteiger partial charge is 0.293 e. The van der Waals surface area contributed by atoms with Crippen LogP contribution in [-0.4, -0.2) is 14.4 Å². The van der Waals surface area contributed by atoms with Crippen LogP contribution in [0.1, 0.15) is 19.8 Å². The van der Waals surface area contributed by atoms with E-state index in [9.17, 15) is 4.79 Å². The Morgan fingerprint density at radius 1 is 1.33 bits per heavy atom. The molecular formula is C7H8Cl4O. The maximum Gasteiger partial charge on any atom is 0.204 e. The number of halogens is 4. The van der Waals surface area contributed by atoms with Gasteiger partial charge in [0.2, 0.25) is 5.78 Å². The van der Waals surface area contributed by atoms with Gasteiger partial charge in [0.25, 0.3) is 0 Å². The maximum atomic E-state index is 11.5. The Balaban J connectivity index is 2.94. The Morgan fingerprint density at radius 3 is 2.25 bits per heavy atom. The molecule has 0 bridgehead atoms. The van der Waals surface area contributed by atoms with E-state index in [0.717, 1.165) is 0 Å². The molecule has 12 heavy (non-hydrogen) atoms. The Hall–Kier alpha value is 0.830. The first kappa shape index (κ1) is 10.9. The van der Waals surface area contributed by atoms with E-state index < -0.39 is 14.4 Å². The van der Waals surface area contributed by atoms with E-state index in [1.165, 1.54) is 0 Å². The van der Waals surface area contributed by atoms with E-state index in [-0.39, 0.29) is 5.92 Å². The highest BCUT2D eigenvalue weighted by Crippen LogP contribution is 2.48. The Bertz CT molecular complexity index is 211. The molecule has 0 aliphatic heterocycles. The van der Waals surface area contributed by atoms with Crippen LogP contribution in [0, 0.1) is 5.92 Å². The first-order valence-electron chi connectivity index (χ1n) is 3.59. The van der Waals surface area contributed by atoms with Crippen molar-refractivity contribution in [3.05, 3.63) is 0 Å². The number of carbonyl (C=O) groups excluding carboxylic acids is 1. The van der Waals surface area contributed by atoms with Crippen molar-refractivity contribution in [3.63, 3.8) is 0 Å². The summed E-state index contributed by atoms with van der Waals surface area (Å²) in [5, 5.41) is 0. The van der Waals surface area contributed by atoms with Crippen LogP contribution in [0.3, 0.4) is 0 Å². The predicted molar refractivity (Wildman–Crippen MR) is 52.3 cm³/mol. The van der Waals surface area contributed by atoms with Crippen LogP contribution in [0.25, 0.3) is 0 Å². The van der Waals surface area contributed by atoms with Crippen LogP contribution in [0.2, 0.25) is 0 Å². The van der Waals surface area contributed by atoms with Crippen LogP contribution >= 0.6 is 46.4 Å². The molecule has 0 heterocycles. The number of hydrogen-bond donors (Lipinski definition) is 0. The summed E-state index contributed by atoms with van der Waals surface area (Å²) in [4.78, 5) is 11.5. The summed E-state index contributed by atoms with van der Waals surface area (Å²) in [6.07, 6.45) is 1.07. The number of carbonyl (C=O) groups is 1. The van der Waals surface area contributed by atoms with Gasteiger partial charge in [0.1, 0.15) is 0 Å². The zero-order valence-electron chi connectivity index (χ0n) is 6.41. The van der Waals surface area contributed by atoms with Crippen LogP contribution in [0.5, 0.6) is 0 Å². The molecular weight excluding hydrogens is 242 g/mol. The molecule has 1 unspecified atom stereocenters. The van der Waals surface area contributed by atoms with E-state index in [4.69, 9.17) is 46.4 Å².